The average molecular weight is 337 g/mol. The highest BCUT2D eigenvalue weighted by atomic mass is 32.1. The number of urea groups is 1. The zero-order valence-electron chi connectivity index (χ0n) is 14.3. The molecule has 0 bridgehead atoms. The quantitative estimate of drug-likeness (QED) is 0.918. The molecule has 1 N–H and O–H groups in total. The number of aromatic nitrogens is 1. The first-order valence-electron chi connectivity index (χ1n) is 8.64. The Morgan fingerprint density at radius 1 is 1.48 bits per heavy atom. The molecule has 5 nitrogen and oxygen atoms in total. The maximum absolute atomic E-state index is 12.4. The molecule has 3 atom stereocenters. The lowest BCUT2D eigenvalue weighted by molar-refractivity contribution is 0.0837. The van der Waals surface area contributed by atoms with Gasteiger partial charge in [-0.05, 0) is 46.0 Å². The van der Waals surface area contributed by atoms with E-state index in [0.717, 1.165) is 43.8 Å². The van der Waals surface area contributed by atoms with Gasteiger partial charge in [0.2, 0.25) is 0 Å². The zero-order valence-corrected chi connectivity index (χ0v) is 15.1. The van der Waals surface area contributed by atoms with Crippen molar-refractivity contribution < 1.29 is 9.53 Å². The summed E-state index contributed by atoms with van der Waals surface area (Å²) in [7, 11) is 1.88. The van der Waals surface area contributed by atoms with Crippen molar-refractivity contribution in [3.05, 3.63) is 15.6 Å². The summed E-state index contributed by atoms with van der Waals surface area (Å²) in [5.41, 5.74) is 1.23. The van der Waals surface area contributed by atoms with Crippen LogP contribution in [0.4, 0.5) is 4.79 Å². The van der Waals surface area contributed by atoms with Crippen molar-refractivity contribution in [1.82, 2.24) is 15.2 Å². The summed E-state index contributed by atoms with van der Waals surface area (Å²) in [6.45, 7) is 5.65. The second-order valence-electron chi connectivity index (χ2n) is 6.80. The summed E-state index contributed by atoms with van der Waals surface area (Å²) < 4.78 is 5.65. The number of amides is 2. The molecule has 1 aromatic rings. The van der Waals surface area contributed by atoms with Crippen molar-refractivity contribution in [2.45, 2.75) is 64.0 Å². The molecule has 2 aliphatic rings. The molecular weight excluding hydrogens is 310 g/mol. The van der Waals surface area contributed by atoms with Crippen LogP contribution in [0.3, 0.4) is 0 Å². The minimum absolute atomic E-state index is 0.00734. The number of hydrogen-bond donors (Lipinski definition) is 1. The summed E-state index contributed by atoms with van der Waals surface area (Å²) in [6.07, 6.45) is 5.75. The highest BCUT2D eigenvalue weighted by Crippen LogP contribution is 2.34. The lowest BCUT2D eigenvalue weighted by Crippen LogP contribution is -2.47. The van der Waals surface area contributed by atoms with Crippen molar-refractivity contribution in [3.63, 3.8) is 0 Å². The van der Waals surface area contributed by atoms with E-state index in [9.17, 15) is 4.79 Å². The molecule has 0 radical (unpaired) electrons. The van der Waals surface area contributed by atoms with E-state index in [4.69, 9.17) is 9.72 Å². The Balaban J connectivity index is 1.56. The first kappa shape index (κ1) is 16.7. The molecule has 2 amide bonds. The van der Waals surface area contributed by atoms with Crippen LogP contribution in [0.1, 0.15) is 54.1 Å². The molecule has 0 saturated carbocycles. The van der Waals surface area contributed by atoms with Crippen molar-refractivity contribution >= 4 is 17.4 Å². The topological polar surface area (TPSA) is 54.5 Å². The molecule has 3 rings (SSSR count). The van der Waals surface area contributed by atoms with Gasteiger partial charge >= 0.3 is 6.03 Å². The van der Waals surface area contributed by atoms with Crippen LogP contribution in [0.25, 0.3) is 0 Å². The Hall–Kier alpha value is -1.14. The predicted molar refractivity (Wildman–Crippen MR) is 92.1 cm³/mol. The van der Waals surface area contributed by atoms with E-state index < -0.39 is 0 Å². The number of rotatable bonds is 4. The van der Waals surface area contributed by atoms with E-state index >= 15 is 0 Å². The molecule has 1 fully saturated rings. The number of likely N-dealkylation sites (N-methyl/N-ethyl adjacent to an activating group) is 1. The van der Waals surface area contributed by atoms with Crippen molar-refractivity contribution in [2.75, 3.05) is 20.2 Å². The van der Waals surface area contributed by atoms with Gasteiger partial charge in [0.15, 0.2) is 0 Å². The average Bonchev–Trinajstić information content (AvgIpc) is 3.15. The van der Waals surface area contributed by atoms with E-state index in [1.54, 1.807) is 4.90 Å². The fourth-order valence-electron chi connectivity index (χ4n) is 3.62. The predicted octanol–water partition coefficient (Wildman–Crippen LogP) is 3.08. The molecule has 6 heteroatoms. The minimum atomic E-state index is -0.00734. The lowest BCUT2D eigenvalue weighted by Gasteiger charge is -2.28. The first-order valence-corrected chi connectivity index (χ1v) is 9.45. The molecule has 0 spiro atoms. The third-order valence-corrected chi connectivity index (χ3v) is 5.94. The SMILES string of the molecule is Cc1nc2c(s1)CCC[C@@H]2CN(C)C(=O)N[C@@H](C)[C@H]1CCCO1. The fourth-order valence-corrected chi connectivity index (χ4v) is 4.68. The highest BCUT2D eigenvalue weighted by Gasteiger charge is 2.28. The minimum Gasteiger partial charge on any atom is -0.376 e. The molecule has 23 heavy (non-hydrogen) atoms. The van der Waals surface area contributed by atoms with Crippen LogP contribution in [0, 0.1) is 6.92 Å². The molecule has 2 heterocycles. The number of nitrogens with zero attached hydrogens (tertiary/aromatic N) is 2. The van der Waals surface area contributed by atoms with Gasteiger partial charge in [0.05, 0.1) is 22.8 Å². The van der Waals surface area contributed by atoms with Gasteiger partial charge in [0.1, 0.15) is 0 Å². The number of fused-ring (bicyclic) bond motifs is 1. The molecule has 0 aromatic carbocycles. The van der Waals surface area contributed by atoms with Gasteiger partial charge in [-0.3, -0.25) is 0 Å². The van der Waals surface area contributed by atoms with Gasteiger partial charge < -0.3 is 15.0 Å². The molecule has 1 aliphatic heterocycles. The van der Waals surface area contributed by atoms with E-state index in [2.05, 4.69) is 12.2 Å². The van der Waals surface area contributed by atoms with E-state index in [0.29, 0.717) is 5.92 Å². The lowest BCUT2D eigenvalue weighted by atomic mass is 9.90. The number of carbonyl (C=O) groups excluding carboxylic acids is 1. The summed E-state index contributed by atoms with van der Waals surface area (Å²) in [5, 5.41) is 4.22. The fraction of sp³-hybridized carbons (Fsp3) is 0.765. The highest BCUT2D eigenvalue weighted by molar-refractivity contribution is 7.11. The first-order chi connectivity index (χ1) is 11.0. The third kappa shape index (κ3) is 3.86. The summed E-state index contributed by atoms with van der Waals surface area (Å²) in [4.78, 5) is 20.4. The van der Waals surface area contributed by atoms with Crippen LogP contribution >= 0.6 is 11.3 Å². The van der Waals surface area contributed by atoms with E-state index in [-0.39, 0.29) is 18.2 Å². The number of ether oxygens (including phenoxy) is 1. The normalized spacial score (nSPS) is 25.0. The van der Waals surface area contributed by atoms with Gasteiger partial charge in [-0.25, -0.2) is 9.78 Å². The maximum Gasteiger partial charge on any atom is 0.317 e. The molecule has 1 aliphatic carbocycles. The van der Waals surface area contributed by atoms with Gasteiger partial charge in [-0.15, -0.1) is 11.3 Å². The molecule has 1 aromatic heterocycles. The number of aryl methyl sites for hydroxylation is 2. The second kappa shape index (κ2) is 7.18. The number of thiazole rings is 1. The Morgan fingerprint density at radius 2 is 2.30 bits per heavy atom. The number of hydrogen-bond acceptors (Lipinski definition) is 4. The summed E-state index contributed by atoms with van der Waals surface area (Å²) in [6, 6.07) is 0.0583. The van der Waals surface area contributed by atoms with Crippen LogP contribution in [0.15, 0.2) is 0 Å². The molecule has 1 saturated heterocycles. The monoisotopic (exact) mass is 337 g/mol. The van der Waals surface area contributed by atoms with Gasteiger partial charge in [0, 0.05) is 31.0 Å². The smallest absolute Gasteiger partial charge is 0.317 e. The number of nitrogens with one attached hydrogen (secondary N) is 1. The van der Waals surface area contributed by atoms with Crippen molar-refractivity contribution in [2.24, 2.45) is 0 Å². The zero-order chi connectivity index (χ0) is 16.4. The Labute approximate surface area is 142 Å². The largest absolute Gasteiger partial charge is 0.376 e. The Kier molecular flexibility index (Phi) is 5.21. The van der Waals surface area contributed by atoms with Crippen molar-refractivity contribution in [3.8, 4) is 0 Å². The van der Waals surface area contributed by atoms with Crippen LogP contribution in [-0.4, -0.2) is 48.3 Å². The molecular formula is C17H27N3O2S. The van der Waals surface area contributed by atoms with Gasteiger partial charge in [0.25, 0.3) is 0 Å². The van der Waals surface area contributed by atoms with Crippen LogP contribution in [0.2, 0.25) is 0 Å². The molecule has 128 valence electrons. The molecule has 0 unspecified atom stereocenters. The third-order valence-electron chi connectivity index (χ3n) is 4.89. The van der Waals surface area contributed by atoms with Crippen LogP contribution < -0.4 is 5.32 Å². The second-order valence-corrected chi connectivity index (χ2v) is 8.09. The van der Waals surface area contributed by atoms with E-state index in [1.165, 1.54) is 17.0 Å². The van der Waals surface area contributed by atoms with Crippen molar-refractivity contribution in [1.29, 1.82) is 0 Å². The Bertz CT molecular complexity index is 554. The standard InChI is InChI=1S/C17H27N3O2S/c1-11(14-7-5-9-22-14)18-17(21)20(3)10-13-6-4-8-15-16(13)19-12(2)23-15/h11,13-14H,4-10H2,1-3H3,(H,18,21)/t11-,13+,14+/m0/s1. The summed E-state index contributed by atoms with van der Waals surface area (Å²) >= 11 is 1.81. The van der Waals surface area contributed by atoms with Gasteiger partial charge in [-0.2, -0.15) is 0 Å². The van der Waals surface area contributed by atoms with Crippen LogP contribution in [-0.2, 0) is 11.2 Å². The van der Waals surface area contributed by atoms with E-state index in [1.807, 2.05) is 25.3 Å². The number of carbonyl (C=O) groups is 1. The summed E-state index contributed by atoms with van der Waals surface area (Å²) in [5.74, 6) is 0.373. The van der Waals surface area contributed by atoms with Gasteiger partial charge in [-0.1, -0.05) is 0 Å². The maximum atomic E-state index is 12.4. The Morgan fingerprint density at radius 3 is 3.04 bits per heavy atom. The van der Waals surface area contributed by atoms with Crippen LogP contribution in [0.5, 0.6) is 0 Å².